The molecule has 0 aliphatic heterocycles. The Hall–Kier alpha value is -1.56. The molecule has 0 nitrogen and oxygen atoms in total. The lowest BCUT2D eigenvalue weighted by atomic mass is 9.74. The lowest BCUT2D eigenvalue weighted by Gasteiger charge is -2.31. The van der Waals surface area contributed by atoms with E-state index >= 15 is 0 Å². The minimum Gasteiger partial charge on any atom is -0.0617 e. The zero-order chi connectivity index (χ0) is 23.8. The highest BCUT2D eigenvalue weighted by atomic mass is 14.3. The number of rotatable bonds is 4. The van der Waals surface area contributed by atoms with Gasteiger partial charge in [-0.3, -0.25) is 0 Å². The van der Waals surface area contributed by atoms with Crippen LogP contribution in [0.4, 0.5) is 0 Å². The first-order chi connectivity index (χ1) is 13.9. The van der Waals surface area contributed by atoms with E-state index in [0.717, 1.165) is 12.8 Å². The zero-order valence-corrected chi connectivity index (χ0v) is 22.6. The molecule has 2 aromatic rings. The van der Waals surface area contributed by atoms with E-state index in [-0.39, 0.29) is 21.7 Å². The summed E-state index contributed by atoms with van der Waals surface area (Å²) in [6, 6.07) is 14.2. The Morgan fingerprint density at radius 2 is 0.935 bits per heavy atom. The standard InChI is InChI=1S/C31H48/c1-28(2,3)24-17-14-18-25(29(4,5)6)23(24)16-13-15-22-19-20-26(30(7,8)9)27(21-22)31(10,11)12/h14,17-21H,13,15-16H2,1-12H3. The van der Waals surface area contributed by atoms with Crippen LogP contribution in [-0.4, -0.2) is 0 Å². The molecule has 0 aliphatic rings. The van der Waals surface area contributed by atoms with Crippen molar-refractivity contribution in [2.24, 2.45) is 0 Å². The molecule has 0 heteroatoms. The van der Waals surface area contributed by atoms with Gasteiger partial charge in [-0.1, -0.05) is 119 Å². The van der Waals surface area contributed by atoms with Crippen molar-refractivity contribution in [2.75, 3.05) is 0 Å². The molecule has 31 heavy (non-hydrogen) atoms. The number of benzene rings is 2. The highest BCUT2D eigenvalue weighted by molar-refractivity contribution is 5.43. The maximum absolute atomic E-state index is 2.49. The van der Waals surface area contributed by atoms with E-state index in [4.69, 9.17) is 0 Å². The molecule has 0 N–H and O–H groups in total. The lowest BCUT2D eigenvalue weighted by molar-refractivity contribution is 0.529. The summed E-state index contributed by atoms with van der Waals surface area (Å²) in [5, 5.41) is 0. The van der Waals surface area contributed by atoms with Crippen LogP contribution in [-0.2, 0) is 34.5 Å². The van der Waals surface area contributed by atoms with Crippen LogP contribution in [0.5, 0.6) is 0 Å². The first-order valence-corrected chi connectivity index (χ1v) is 12.2. The Morgan fingerprint density at radius 1 is 0.484 bits per heavy atom. The van der Waals surface area contributed by atoms with Crippen LogP contribution >= 0.6 is 0 Å². The van der Waals surface area contributed by atoms with E-state index in [0.29, 0.717) is 0 Å². The van der Waals surface area contributed by atoms with Crippen LogP contribution in [0.1, 0.15) is 123 Å². The van der Waals surface area contributed by atoms with Crippen molar-refractivity contribution in [2.45, 2.75) is 124 Å². The summed E-state index contributed by atoms with van der Waals surface area (Å²) in [4.78, 5) is 0. The van der Waals surface area contributed by atoms with Gasteiger partial charge in [0, 0.05) is 0 Å². The van der Waals surface area contributed by atoms with Crippen molar-refractivity contribution in [3.63, 3.8) is 0 Å². The van der Waals surface area contributed by atoms with E-state index < -0.39 is 0 Å². The van der Waals surface area contributed by atoms with Crippen molar-refractivity contribution in [3.8, 4) is 0 Å². The highest BCUT2D eigenvalue weighted by Crippen LogP contribution is 2.36. The largest absolute Gasteiger partial charge is 0.0617 e. The highest BCUT2D eigenvalue weighted by Gasteiger charge is 2.26. The summed E-state index contributed by atoms with van der Waals surface area (Å²) in [5.74, 6) is 0. The van der Waals surface area contributed by atoms with E-state index in [1.807, 2.05) is 0 Å². The molecule has 0 spiro atoms. The SMILES string of the molecule is CC(C)(C)c1ccc(CCCc2c(C(C)(C)C)cccc2C(C)(C)C)cc1C(C)(C)C. The molecule has 0 saturated heterocycles. The Bertz CT molecular complexity index is 851. The van der Waals surface area contributed by atoms with Crippen LogP contribution in [0.15, 0.2) is 36.4 Å². The number of hydrogen-bond acceptors (Lipinski definition) is 0. The van der Waals surface area contributed by atoms with Crippen molar-refractivity contribution < 1.29 is 0 Å². The molecule has 0 bridgehead atoms. The average Bonchev–Trinajstić information content (AvgIpc) is 2.58. The van der Waals surface area contributed by atoms with E-state index in [1.165, 1.54) is 34.2 Å². The zero-order valence-electron chi connectivity index (χ0n) is 22.6. The Labute approximate surface area is 193 Å². The van der Waals surface area contributed by atoms with Crippen molar-refractivity contribution in [3.05, 3.63) is 69.8 Å². The van der Waals surface area contributed by atoms with Gasteiger partial charge >= 0.3 is 0 Å². The molecule has 0 aliphatic carbocycles. The van der Waals surface area contributed by atoms with Crippen molar-refractivity contribution in [1.82, 2.24) is 0 Å². The Kier molecular flexibility index (Phi) is 7.26. The quantitative estimate of drug-likeness (QED) is 0.462. The average molecular weight is 421 g/mol. The molecule has 172 valence electrons. The second kappa shape index (κ2) is 8.76. The fourth-order valence-electron chi connectivity index (χ4n) is 4.75. The van der Waals surface area contributed by atoms with Crippen LogP contribution in [0.25, 0.3) is 0 Å². The van der Waals surface area contributed by atoms with E-state index in [2.05, 4.69) is 119 Å². The lowest BCUT2D eigenvalue weighted by Crippen LogP contribution is -2.22. The summed E-state index contributed by atoms with van der Waals surface area (Å²) < 4.78 is 0. The summed E-state index contributed by atoms with van der Waals surface area (Å²) >= 11 is 0. The van der Waals surface area contributed by atoms with E-state index in [9.17, 15) is 0 Å². The Balaban J connectivity index is 2.34. The van der Waals surface area contributed by atoms with Gasteiger partial charge in [-0.15, -0.1) is 0 Å². The maximum atomic E-state index is 2.49. The summed E-state index contributed by atoms with van der Waals surface area (Å²) in [7, 11) is 0. The van der Waals surface area contributed by atoms with Crippen molar-refractivity contribution >= 4 is 0 Å². The van der Waals surface area contributed by atoms with Crippen molar-refractivity contribution in [1.29, 1.82) is 0 Å². The topological polar surface area (TPSA) is 0 Å². The molecular weight excluding hydrogens is 372 g/mol. The third-order valence-electron chi connectivity index (χ3n) is 6.38. The third kappa shape index (κ3) is 6.47. The molecule has 0 fully saturated rings. The summed E-state index contributed by atoms with van der Waals surface area (Å²) in [5.41, 5.74) is 9.74. The molecular formula is C31H48. The second-order valence-corrected chi connectivity index (χ2v) is 13.6. The minimum atomic E-state index is 0.164. The number of hydrogen-bond donors (Lipinski definition) is 0. The first-order valence-electron chi connectivity index (χ1n) is 12.2. The molecule has 0 saturated carbocycles. The predicted molar refractivity (Wildman–Crippen MR) is 140 cm³/mol. The van der Waals surface area contributed by atoms with Gasteiger partial charge in [0.1, 0.15) is 0 Å². The van der Waals surface area contributed by atoms with Gasteiger partial charge in [-0.2, -0.15) is 0 Å². The predicted octanol–water partition coefficient (Wildman–Crippen LogP) is 9.05. The monoisotopic (exact) mass is 420 g/mol. The van der Waals surface area contributed by atoms with Crippen LogP contribution < -0.4 is 0 Å². The summed E-state index contributed by atoms with van der Waals surface area (Å²) in [6.07, 6.45) is 3.47. The summed E-state index contributed by atoms with van der Waals surface area (Å²) in [6.45, 7) is 28.1. The second-order valence-electron chi connectivity index (χ2n) is 13.6. The van der Waals surface area contributed by atoms with Gasteiger partial charge in [0.15, 0.2) is 0 Å². The third-order valence-corrected chi connectivity index (χ3v) is 6.38. The first kappa shape index (κ1) is 25.7. The van der Waals surface area contributed by atoms with Gasteiger partial charge in [-0.25, -0.2) is 0 Å². The Morgan fingerprint density at radius 3 is 1.35 bits per heavy atom. The molecule has 0 amide bonds. The van der Waals surface area contributed by atoms with Gasteiger partial charge in [0.05, 0.1) is 0 Å². The molecule has 0 heterocycles. The molecule has 0 aromatic heterocycles. The van der Waals surface area contributed by atoms with Gasteiger partial charge in [0.2, 0.25) is 0 Å². The fourth-order valence-corrected chi connectivity index (χ4v) is 4.75. The van der Waals surface area contributed by atoms with Crippen LogP contribution in [0.2, 0.25) is 0 Å². The van der Waals surface area contributed by atoms with Gasteiger partial charge in [-0.05, 0) is 74.3 Å². The normalized spacial score (nSPS) is 13.5. The van der Waals surface area contributed by atoms with Gasteiger partial charge in [0.25, 0.3) is 0 Å². The molecule has 0 atom stereocenters. The maximum Gasteiger partial charge on any atom is -0.0129 e. The van der Waals surface area contributed by atoms with Crippen LogP contribution in [0, 0.1) is 0 Å². The molecule has 0 radical (unpaired) electrons. The van der Waals surface area contributed by atoms with Crippen LogP contribution in [0.3, 0.4) is 0 Å². The smallest absolute Gasteiger partial charge is 0.0129 e. The molecule has 2 aromatic carbocycles. The van der Waals surface area contributed by atoms with Gasteiger partial charge < -0.3 is 0 Å². The minimum absolute atomic E-state index is 0.164. The fraction of sp³-hybridized carbons (Fsp3) is 0.613. The number of aryl methyl sites for hydroxylation is 1. The van der Waals surface area contributed by atoms with E-state index in [1.54, 1.807) is 5.56 Å². The molecule has 2 rings (SSSR count). The molecule has 0 unspecified atom stereocenters.